The minimum absolute atomic E-state index is 0. The maximum absolute atomic E-state index is 4.71. The Bertz CT molecular complexity index is 621. The van der Waals surface area contributed by atoms with Gasteiger partial charge in [0.25, 0.3) is 0 Å². The molecule has 0 aliphatic rings. The molecule has 22 heavy (non-hydrogen) atoms. The number of aryl methyl sites for hydroxylation is 1. The Labute approximate surface area is 149 Å². The van der Waals surface area contributed by atoms with E-state index < -0.39 is 0 Å². The molecular weight excluding hydrogens is 389 g/mol. The lowest BCUT2D eigenvalue weighted by Gasteiger charge is -2.22. The van der Waals surface area contributed by atoms with Crippen molar-refractivity contribution in [3.63, 3.8) is 0 Å². The fourth-order valence-electron chi connectivity index (χ4n) is 2.26. The van der Waals surface area contributed by atoms with Gasteiger partial charge in [0.1, 0.15) is 0 Å². The van der Waals surface area contributed by atoms with Crippen LogP contribution in [0, 0.1) is 6.92 Å². The molecule has 0 saturated heterocycles. The predicted octanol–water partition coefficient (Wildman–Crippen LogP) is 2.78. The molecule has 0 radical (unpaired) electrons. The van der Waals surface area contributed by atoms with Gasteiger partial charge in [0.2, 0.25) is 0 Å². The van der Waals surface area contributed by atoms with Crippen molar-refractivity contribution in [1.82, 2.24) is 19.6 Å². The van der Waals surface area contributed by atoms with Gasteiger partial charge in [0.05, 0.1) is 17.9 Å². The van der Waals surface area contributed by atoms with Gasteiger partial charge >= 0.3 is 0 Å². The SMILES string of the molecule is Cc1ccn(-c2ccccc2CN=C(N(C)C)N(C)C)n1.I. The fourth-order valence-corrected chi connectivity index (χ4v) is 2.26. The summed E-state index contributed by atoms with van der Waals surface area (Å²) < 4.78 is 1.91. The van der Waals surface area contributed by atoms with Gasteiger partial charge in [-0.3, -0.25) is 0 Å². The molecule has 0 spiro atoms. The fraction of sp³-hybridized carbons (Fsp3) is 0.375. The first-order chi connectivity index (χ1) is 9.99. The van der Waals surface area contributed by atoms with Crippen LogP contribution >= 0.6 is 24.0 Å². The van der Waals surface area contributed by atoms with Crippen molar-refractivity contribution < 1.29 is 0 Å². The highest BCUT2D eigenvalue weighted by atomic mass is 127. The van der Waals surface area contributed by atoms with Crippen molar-refractivity contribution in [2.45, 2.75) is 13.5 Å². The second-order valence-corrected chi connectivity index (χ2v) is 5.44. The quantitative estimate of drug-likeness (QED) is 0.441. The molecule has 2 rings (SSSR count). The highest BCUT2D eigenvalue weighted by Crippen LogP contribution is 2.15. The maximum Gasteiger partial charge on any atom is 0.195 e. The average Bonchev–Trinajstić information content (AvgIpc) is 2.85. The summed E-state index contributed by atoms with van der Waals surface area (Å²) in [6.07, 6.45) is 1.98. The number of para-hydroxylation sites is 1. The van der Waals surface area contributed by atoms with Gasteiger partial charge in [-0.2, -0.15) is 5.10 Å². The minimum atomic E-state index is 0. The number of hydrogen-bond donors (Lipinski definition) is 0. The number of benzene rings is 1. The van der Waals surface area contributed by atoms with Crippen LogP contribution in [0.5, 0.6) is 0 Å². The lowest BCUT2D eigenvalue weighted by Crippen LogP contribution is -2.35. The summed E-state index contributed by atoms with van der Waals surface area (Å²) in [6, 6.07) is 10.2. The van der Waals surface area contributed by atoms with Crippen LogP contribution in [-0.2, 0) is 6.54 Å². The number of hydrogen-bond acceptors (Lipinski definition) is 2. The summed E-state index contributed by atoms with van der Waals surface area (Å²) >= 11 is 0. The van der Waals surface area contributed by atoms with Crippen molar-refractivity contribution >= 4 is 29.9 Å². The first-order valence-electron chi connectivity index (χ1n) is 6.98. The van der Waals surface area contributed by atoms with Gasteiger partial charge in [-0.1, -0.05) is 18.2 Å². The zero-order valence-corrected chi connectivity index (χ0v) is 16.1. The number of aromatic nitrogens is 2. The number of aliphatic imine (C=N–C) groups is 1. The molecule has 5 nitrogen and oxygen atoms in total. The van der Waals surface area contributed by atoms with Crippen molar-refractivity contribution in [1.29, 1.82) is 0 Å². The third-order valence-corrected chi connectivity index (χ3v) is 3.15. The van der Waals surface area contributed by atoms with Crippen LogP contribution in [0.2, 0.25) is 0 Å². The monoisotopic (exact) mass is 413 g/mol. The largest absolute Gasteiger partial charge is 0.349 e. The van der Waals surface area contributed by atoms with E-state index in [0.717, 1.165) is 22.9 Å². The molecule has 2 aromatic rings. The summed E-state index contributed by atoms with van der Waals surface area (Å²) in [5, 5.41) is 4.49. The number of guanidine groups is 1. The van der Waals surface area contributed by atoms with Crippen LogP contribution in [-0.4, -0.2) is 53.7 Å². The number of rotatable bonds is 3. The Morgan fingerprint density at radius 1 is 1.09 bits per heavy atom. The molecule has 0 atom stereocenters. The van der Waals surface area contributed by atoms with Crippen LogP contribution in [0.1, 0.15) is 11.3 Å². The van der Waals surface area contributed by atoms with E-state index in [2.05, 4.69) is 17.2 Å². The maximum atomic E-state index is 4.71. The normalized spacial score (nSPS) is 9.86. The number of nitrogens with zero attached hydrogens (tertiary/aromatic N) is 5. The Morgan fingerprint density at radius 3 is 2.27 bits per heavy atom. The molecule has 0 aliphatic carbocycles. The van der Waals surface area contributed by atoms with Crippen LogP contribution in [0.25, 0.3) is 5.69 Å². The van der Waals surface area contributed by atoms with E-state index in [1.165, 1.54) is 0 Å². The summed E-state index contributed by atoms with van der Waals surface area (Å²) in [5.41, 5.74) is 3.24. The van der Waals surface area contributed by atoms with E-state index in [9.17, 15) is 0 Å². The summed E-state index contributed by atoms with van der Waals surface area (Å²) in [5.74, 6) is 0.946. The van der Waals surface area contributed by atoms with Crippen molar-refractivity contribution in [3.05, 3.63) is 47.8 Å². The van der Waals surface area contributed by atoms with Gasteiger partial charge < -0.3 is 9.80 Å². The molecule has 0 N–H and O–H groups in total. The van der Waals surface area contributed by atoms with Crippen molar-refractivity contribution in [3.8, 4) is 5.69 Å². The summed E-state index contributed by atoms with van der Waals surface area (Å²) in [6.45, 7) is 2.62. The molecular formula is C16H24IN5. The van der Waals surface area contributed by atoms with Gasteiger partial charge in [-0.15, -0.1) is 24.0 Å². The molecule has 6 heteroatoms. The highest BCUT2D eigenvalue weighted by molar-refractivity contribution is 14.0. The van der Waals surface area contributed by atoms with Crippen LogP contribution in [0.4, 0.5) is 0 Å². The third-order valence-electron chi connectivity index (χ3n) is 3.15. The molecule has 0 bridgehead atoms. The second kappa shape index (κ2) is 8.17. The Morgan fingerprint density at radius 2 is 1.73 bits per heavy atom. The smallest absolute Gasteiger partial charge is 0.195 e. The van der Waals surface area contributed by atoms with Crippen LogP contribution < -0.4 is 0 Å². The first-order valence-corrected chi connectivity index (χ1v) is 6.98. The first kappa shape index (κ1) is 18.5. The van der Waals surface area contributed by atoms with E-state index in [0.29, 0.717) is 6.54 Å². The molecule has 1 aromatic heterocycles. The predicted molar refractivity (Wildman–Crippen MR) is 102 cm³/mol. The van der Waals surface area contributed by atoms with Gasteiger partial charge in [-0.05, 0) is 24.6 Å². The van der Waals surface area contributed by atoms with Crippen LogP contribution in [0.3, 0.4) is 0 Å². The zero-order chi connectivity index (χ0) is 15.4. The van der Waals surface area contributed by atoms with Gasteiger partial charge in [-0.25, -0.2) is 9.67 Å². The minimum Gasteiger partial charge on any atom is -0.349 e. The molecule has 0 amide bonds. The Hall–Kier alpha value is -1.57. The molecule has 1 heterocycles. The molecule has 0 unspecified atom stereocenters. The van der Waals surface area contributed by atoms with E-state index in [4.69, 9.17) is 4.99 Å². The standard InChI is InChI=1S/C16H23N5.HI/c1-13-10-11-21(18-13)15-9-7-6-8-14(15)12-17-16(19(2)3)20(4)5;/h6-11H,12H2,1-5H3;1H. The second-order valence-electron chi connectivity index (χ2n) is 5.44. The topological polar surface area (TPSA) is 36.7 Å². The van der Waals surface area contributed by atoms with Crippen molar-refractivity contribution in [2.75, 3.05) is 28.2 Å². The number of halogens is 1. The zero-order valence-electron chi connectivity index (χ0n) is 13.8. The van der Waals surface area contributed by atoms with E-state index in [1.807, 2.05) is 74.0 Å². The summed E-state index contributed by atoms with van der Waals surface area (Å²) in [4.78, 5) is 8.74. The lowest BCUT2D eigenvalue weighted by atomic mass is 10.2. The van der Waals surface area contributed by atoms with E-state index in [1.54, 1.807) is 0 Å². The molecule has 120 valence electrons. The van der Waals surface area contributed by atoms with Crippen molar-refractivity contribution in [2.24, 2.45) is 4.99 Å². The highest BCUT2D eigenvalue weighted by Gasteiger charge is 2.07. The van der Waals surface area contributed by atoms with Gasteiger partial charge in [0, 0.05) is 34.4 Å². The third kappa shape index (κ3) is 4.46. The molecule has 0 fully saturated rings. The Balaban J connectivity index is 0.00000242. The Kier molecular flexibility index (Phi) is 6.86. The molecule has 1 aromatic carbocycles. The van der Waals surface area contributed by atoms with Gasteiger partial charge in [0.15, 0.2) is 5.96 Å². The van der Waals surface area contributed by atoms with E-state index in [-0.39, 0.29) is 24.0 Å². The van der Waals surface area contributed by atoms with E-state index >= 15 is 0 Å². The lowest BCUT2D eigenvalue weighted by molar-refractivity contribution is 0.479. The molecule has 0 saturated carbocycles. The molecule has 0 aliphatic heterocycles. The van der Waals surface area contributed by atoms with Crippen LogP contribution in [0.15, 0.2) is 41.5 Å². The average molecular weight is 413 g/mol. The summed E-state index contributed by atoms with van der Waals surface area (Å²) in [7, 11) is 8.01.